The summed E-state index contributed by atoms with van der Waals surface area (Å²) in [5, 5.41) is 0. The van der Waals surface area contributed by atoms with Crippen molar-refractivity contribution < 1.29 is 4.79 Å². The average molecular weight is 317 g/mol. The van der Waals surface area contributed by atoms with Crippen molar-refractivity contribution in [2.75, 3.05) is 37.6 Å². The third-order valence-corrected chi connectivity index (χ3v) is 5.38. The summed E-state index contributed by atoms with van der Waals surface area (Å²) in [5.74, 6) is 1.17. The zero-order valence-corrected chi connectivity index (χ0v) is 13.8. The number of amides is 1. The highest BCUT2D eigenvalue weighted by molar-refractivity contribution is 5.77. The van der Waals surface area contributed by atoms with E-state index >= 15 is 0 Å². The lowest BCUT2D eigenvalue weighted by molar-refractivity contribution is -0.134. The van der Waals surface area contributed by atoms with Gasteiger partial charge in [-0.2, -0.15) is 0 Å². The Morgan fingerprint density at radius 2 is 1.87 bits per heavy atom. The molecule has 1 aliphatic carbocycles. The molecule has 6 nitrogen and oxygen atoms in total. The molecule has 0 aromatic carbocycles. The zero-order valence-electron chi connectivity index (χ0n) is 13.8. The number of piperazine rings is 1. The van der Waals surface area contributed by atoms with Crippen LogP contribution in [0.3, 0.4) is 0 Å². The van der Waals surface area contributed by atoms with Crippen LogP contribution in [0.1, 0.15) is 38.5 Å². The van der Waals surface area contributed by atoms with Gasteiger partial charge in [0.05, 0.1) is 6.20 Å². The van der Waals surface area contributed by atoms with Crippen molar-refractivity contribution in [3.8, 4) is 0 Å². The first-order valence-electron chi connectivity index (χ1n) is 8.71. The van der Waals surface area contributed by atoms with Gasteiger partial charge in [0.1, 0.15) is 5.82 Å². The van der Waals surface area contributed by atoms with Gasteiger partial charge in [-0.25, -0.2) is 4.98 Å². The third kappa shape index (κ3) is 3.80. The largest absolute Gasteiger partial charge is 0.352 e. The number of nitrogens with zero attached hydrogens (tertiary/aromatic N) is 4. The second-order valence-electron chi connectivity index (χ2n) is 6.87. The number of hydrogen-bond acceptors (Lipinski definition) is 5. The number of rotatable bonds is 4. The van der Waals surface area contributed by atoms with Crippen LogP contribution in [-0.4, -0.2) is 53.5 Å². The standard InChI is InChI=1S/C17H27N5O/c18-14-17(4-2-1-3-5-17)12-16(23)22-10-8-21(9-11-22)15-13-19-6-7-20-15/h6-7,13H,1-5,8-12,14,18H2. The SMILES string of the molecule is NCC1(CC(=O)N2CCN(c3cnccn3)CC2)CCCCC1. The minimum atomic E-state index is 0.0529. The fourth-order valence-corrected chi connectivity index (χ4v) is 3.83. The maximum atomic E-state index is 12.7. The summed E-state index contributed by atoms with van der Waals surface area (Å²) >= 11 is 0. The van der Waals surface area contributed by atoms with Gasteiger partial charge in [0.2, 0.25) is 5.91 Å². The molecule has 1 aromatic rings. The minimum Gasteiger partial charge on any atom is -0.352 e. The Hall–Kier alpha value is -1.69. The average Bonchev–Trinajstić information content (AvgIpc) is 2.63. The highest BCUT2D eigenvalue weighted by Gasteiger charge is 2.35. The minimum absolute atomic E-state index is 0.0529. The first-order chi connectivity index (χ1) is 11.2. The summed E-state index contributed by atoms with van der Waals surface area (Å²) in [5.41, 5.74) is 6.07. The van der Waals surface area contributed by atoms with Crippen LogP contribution in [0.4, 0.5) is 5.82 Å². The first kappa shape index (κ1) is 16.2. The highest BCUT2D eigenvalue weighted by atomic mass is 16.2. The van der Waals surface area contributed by atoms with Crippen molar-refractivity contribution in [1.82, 2.24) is 14.9 Å². The molecule has 0 atom stereocenters. The van der Waals surface area contributed by atoms with Crippen LogP contribution in [0.5, 0.6) is 0 Å². The number of hydrogen-bond donors (Lipinski definition) is 1. The molecule has 1 aliphatic heterocycles. The smallest absolute Gasteiger partial charge is 0.223 e. The van der Waals surface area contributed by atoms with Crippen molar-refractivity contribution in [2.24, 2.45) is 11.1 Å². The van der Waals surface area contributed by atoms with Crippen LogP contribution in [0.25, 0.3) is 0 Å². The normalized spacial score (nSPS) is 21.3. The second-order valence-corrected chi connectivity index (χ2v) is 6.87. The number of carbonyl (C=O) groups is 1. The quantitative estimate of drug-likeness (QED) is 0.909. The molecule has 0 unspecified atom stereocenters. The van der Waals surface area contributed by atoms with Crippen LogP contribution in [0, 0.1) is 5.41 Å². The number of anilines is 1. The van der Waals surface area contributed by atoms with Gasteiger partial charge in [-0.05, 0) is 24.8 Å². The molecule has 0 bridgehead atoms. The molecular formula is C17H27N5O. The van der Waals surface area contributed by atoms with Crippen LogP contribution in [-0.2, 0) is 4.79 Å². The van der Waals surface area contributed by atoms with E-state index in [-0.39, 0.29) is 11.3 Å². The highest BCUT2D eigenvalue weighted by Crippen LogP contribution is 2.38. The predicted octanol–water partition coefficient (Wildman–Crippen LogP) is 1.42. The molecule has 1 aromatic heterocycles. The Kier molecular flexibility index (Phi) is 5.10. The first-order valence-corrected chi connectivity index (χ1v) is 8.71. The van der Waals surface area contributed by atoms with E-state index in [1.165, 1.54) is 19.3 Å². The van der Waals surface area contributed by atoms with Gasteiger partial charge in [0, 0.05) is 45.0 Å². The molecule has 2 N–H and O–H groups in total. The van der Waals surface area contributed by atoms with Crippen molar-refractivity contribution in [3.05, 3.63) is 18.6 Å². The van der Waals surface area contributed by atoms with Crippen LogP contribution >= 0.6 is 0 Å². The second kappa shape index (κ2) is 7.25. The van der Waals surface area contributed by atoms with Crippen molar-refractivity contribution in [1.29, 1.82) is 0 Å². The molecule has 2 aliphatic rings. The molecule has 6 heteroatoms. The predicted molar refractivity (Wildman–Crippen MR) is 90.0 cm³/mol. The van der Waals surface area contributed by atoms with Gasteiger partial charge >= 0.3 is 0 Å². The van der Waals surface area contributed by atoms with Gasteiger partial charge in [-0.3, -0.25) is 9.78 Å². The van der Waals surface area contributed by atoms with Crippen molar-refractivity contribution in [3.63, 3.8) is 0 Å². The fraction of sp³-hybridized carbons (Fsp3) is 0.706. The van der Waals surface area contributed by atoms with E-state index in [1.54, 1.807) is 18.6 Å². The topological polar surface area (TPSA) is 75.4 Å². The van der Waals surface area contributed by atoms with Gasteiger partial charge < -0.3 is 15.5 Å². The van der Waals surface area contributed by atoms with Gasteiger partial charge in [0.15, 0.2) is 0 Å². The molecule has 0 spiro atoms. The number of carbonyl (C=O) groups excluding carboxylic acids is 1. The summed E-state index contributed by atoms with van der Waals surface area (Å²) in [4.78, 5) is 25.3. The van der Waals surface area contributed by atoms with Gasteiger partial charge in [-0.1, -0.05) is 19.3 Å². The maximum Gasteiger partial charge on any atom is 0.223 e. The summed E-state index contributed by atoms with van der Waals surface area (Å²) in [6.07, 6.45) is 11.7. The number of aromatic nitrogens is 2. The lowest BCUT2D eigenvalue weighted by atomic mass is 9.71. The molecule has 0 radical (unpaired) electrons. The van der Waals surface area contributed by atoms with Crippen molar-refractivity contribution >= 4 is 11.7 Å². The Bertz CT molecular complexity index is 507. The van der Waals surface area contributed by atoms with E-state index in [2.05, 4.69) is 14.9 Å². The maximum absolute atomic E-state index is 12.7. The molecule has 1 saturated carbocycles. The van der Waals surface area contributed by atoms with Crippen molar-refractivity contribution in [2.45, 2.75) is 38.5 Å². The van der Waals surface area contributed by atoms with E-state index in [1.807, 2.05) is 4.90 Å². The summed E-state index contributed by atoms with van der Waals surface area (Å²) < 4.78 is 0. The molecule has 1 amide bonds. The monoisotopic (exact) mass is 317 g/mol. The van der Waals surface area contributed by atoms with E-state index in [9.17, 15) is 4.79 Å². The molecule has 126 valence electrons. The Morgan fingerprint density at radius 3 is 2.48 bits per heavy atom. The lowest BCUT2D eigenvalue weighted by Gasteiger charge is -2.40. The molecule has 1 saturated heterocycles. The fourth-order valence-electron chi connectivity index (χ4n) is 3.83. The van der Waals surface area contributed by atoms with Crippen LogP contribution < -0.4 is 10.6 Å². The Labute approximate surface area is 138 Å². The molecule has 23 heavy (non-hydrogen) atoms. The van der Waals surface area contributed by atoms with Crippen LogP contribution in [0.2, 0.25) is 0 Å². The third-order valence-electron chi connectivity index (χ3n) is 5.38. The lowest BCUT2D eigenvalue weighted by Crippen LogP contribution is -2.50. The van der Waals surface area contributed by atoms with Gasteiger partial charge in [-0.15, -0.1) is 0 Å². The van der Waals surface area contributed by atoms with Gasteiger partial charge in [0.25, 0.3) is 0 Å². The molecule has 2 fully saturated rings. The van der Waals surface area contributed by atoms with E-state index in [0.717, 1.165) is 44.8 Å². The molecule has 3 rings (SSSR count). The summed E-state index contributed by atoms with van der Waals surface area (Å²) in [7, 11) is 0. The Morgan fingerprint density at radius 1 is 1.13 bits per heavy atom. The van der Waals surface area contributed by atoms with E-state index < -0.39 is 0 Å². The zero-order chi connectivity index (χ0) is 16.1. The molecule has 2 heterocycles. The summed E-state index contributed by atoms with van der Waals surface area (Å²) in [6.45, 7) is 3.80. The Balaban J connectivity index is 1.54. The van der Waals surface area contributed by atoms with E-state index in [0.29, 0.717) is 13.0 Å². The molecular weight excluding hydrogens is 290 g/mol. The van der Waals surface area contributed by atoms with Crippen LogP contribution in [0.15, 0.2) is 18.6 Å². The summed E-state index contributed by atoms with van der Waals surface area (Å²) in [6, 6.07) is 0. The number of nitrogens with two attached hydrogens (primary N) is 1. The van der Waals surface area contributed by atoms with E-state index in [4.69, 9.17) is 5.73 Å².